The van der Waals surface area contributed by atoms with Crippen molar-refractivity contribution in [3.05, 3.63) is 53.1 Å². The summed E-state index contributed by atoms with van der Waals surface area (Å²) in [6.07, 6.45) is 1.92. The molecule has 2 heteroatoms. The lowest BCUT2D eigenvalue weighted by molar-refractivity contribution is 0.766. The molecule has 0 N–H and O–H groups in total. The van der Waals surface area contributed by atoms with E-state index in [1.54, 1.807) is 0 Å². The Morgan fingerprint density at radius 3 is 2.24 bits per heavy atom. The predicted molar refractivity (Wildman–Crippen MR) is 71.3 cm³/mol. The molecule has 2 aromatic rings. The minimum Gasteiger partial charge on any atom is -0.330 e. The molecule has 0 aliphatic heterocycles. The first-order valence-corrected chi connectivity index (χ1v) is 6.15. The Morgan fingerprint density at radius 1 is 1.12 bits per heavy atom. The van der Waals surface area contributed by atoms with Crippen molar-refractivity contribution in [1.82, 2.24) is 9.55 Å². The van der Waals surface area contributed by atoms with Crippen LogP contribution in [0.1, 0.15) is 42.3 Å². The van der Waals surface area contributed by atoms with Gasteiger partial charge in [0, 0.05) is 12.2 Å². The van der Waals surface area contributed by atoms with Gasteiger partial charge in [-0.1, -0.05) is 38.1 Å². The molecule has 0 atom stereocenters. The minimum absolute atomic E-state index is 0.598. The second kappa shape index (κ2) is 4.74. The first kappa shape index (κ1) is 11.9. The van der Waals surface area contributed by atoms with Gasteiger partial charge in [0.25, 0.3) is 0 Å². The van der Waals surface area contributed by atoms with Gasteiger partial charge < -0.3 is 4.57 Å². The molecular weight excluding hydrogens is 208 g/mol. The van der Waals surface area contributed by atoms with Crippen molar-refractivity contribution in [3.8, 4) is 0 Å². The van der Waals surface area contributed by atoms with Crippen LogP contribution in [0, 0.1) is 13.8 Å². The normalized spacial score (nSPS) is 11.1. The minimum atomic E-state index is 0.598. The summed E-state index contributed by atoms with van der Waals surface area (Å²) >= 11 is 0. The average molecular weight is 228 g/mol. The maximum atomic E-state index is 4.32. The Hall–Kier alpha value is -1.57. The Balaban J connectivity index is 2.17. The lowest BCUT2D eigenvalue weighted by atomic mass is 10.0. The summed E-state index contributed by atoms with van der Waals surface area (Å²) in [5, 5.41) is 0. The van der Waals surface area contributed by atoms with Gasteiger partial charge >= 0.3 is 0 Å². The lowest BCUT2D eigenvalue weighted by Gasteiger charge is -2.08. The molecule has 2 nitrogen and oxygen atoms in total. The smallest absolute Gasteiger partial charge is 0.0954 e. The van der Waals surface area contributed by atoms with E-state index in [-0.39, 0.29) is 0 Å². The Bertz CT molecular complexity index is 492. The van der Waals surface area contributed by atoms with Gasteiger partial charge in [-0.05, 0) is 30.9 Å². The van der Waals surface area contributed by atoms with Crippen LogP contribution in [0.5, 0.6) is 0 Å². The first-order chi connectivity index (χ1) is 8.08. The molecule has 1 aromatic heterocycles. The van der Waals surface area contributed by atoms with Gasteiger partial charge in [0.2, 0.25) is 0 Å². The van der Waals surface area contributed by atoms with Gasteiger partial charge in [-0.25, -0.2) is 4.98 Å². The van der Waals surface area contributed by atoms with Crippen molar-refractivity contribution in [2.24, 2.45) is 0 Å². The molecule has 0 aliphatic carbocycles. The second-order valence-electron chi connectivity index (χ2n) is 4.94. The summed E-state index contributed by atoms with van der Waals surface area (Å²) in [6, 6.07) is 8.87. The standard InChI is InChI=1S/C15H20N2/c1-11(2)15-7-5-14(6-8-15)9-17-10-16-12(3)13(17)4/h5-8,10-11H,9H2,1-4H3. The molecule has 0 fully saturated rings. The zero-order valence-electron chi connectivity index (χ0n) is 11.1. The number of nitrogens with zero attached hydrogens (tertiary/aromatic N) is 2. The van der Waals surface area contributed by atoms with Crippen LogP contribution in [0.15, 0.2) is 30.6 Å². The summed E-state index contributed by atoms with van der Waals surface area (Å²) < 4.78 is 2.19. The van der Waals surface area contributed by atoms with Crippen molar-refractivity contribution in [3.63, 3.8) is 0 Å². The van der Waals surface area contributed by atoms with Gasteiger partial charge in [0.1, 0.15) is 0 Å². The molecule has 0 aliphatic rings. The van der Waals surface area contributed by atoms with E-state index in [0.717, 1.165) is 12.2 Å². The molecular formula is C15H20N2. The lowest BCUT2D eigenvalue weighted by Crippen LogP contribution is -2.01. The Kier molecular flexibility index (Phi) is 3.32. The quantitative estimate of drug-likeness (QED) is 0.783. The summed E-state index contributed by atoms with van der Waals surface area (Å²) in [6.45, 7) is 9.51. The monoisotopic (exact) mass is 228 g/mol. The van der Waals surface area contributed by atoms with E-state index in [2.05, 4.69) is 54.6 Å². The van der Waals surface area contributed by atoms with E-state index < -0.39 is 0 Å². The van der Waals surface area contributed by atoms with E-state index in [4.69, 9.17) is 0 Å². The SMILES string of the molecule is Cc1ncn(Cc2ccc(C(C)C)cc2)c1C. The zero-order chi connectivity index (χ0) is 12.4. The molecule has 0 radical (unpaired) electrons. The highest BCUT2D eigenvalue weighted by Crippen LogP contribution is 2.16. The second-order valence-corrected chi connectivity index (χ2v) is 4.94. The van der Waals surface area contributed by atoms with E-state index in [9.17, 15) is 0 Å². The number of aromatic nitrogens is 2. The highest BCUT2D eigenvalue weighted by molar-refractivity contribution is 5.25. The highest BCUT2D eigenvalue weighted by atomic mass is 15.0. The number of imidazole rings is 1. The largest absolute Gasteiger partial charge is 0.330 e. The Morgan fingerprint density at radius 2 is 1.76 bits per heavy atom. The number of benzene rings is 1. The molecule has 17 heavy (non-hydrogen) atoms. The van der Waals surface area contributed by atoms with Crippen LogP contribution in [0.3, 0.4) is 0 Å². The molecule has 1 aromatic carbocycles. The zero-order valence-corrected chi connectivity index (χ0v) is 11.1. The summed E-state index contributed by atoms with van der Waals surface area (Å²) in [5.74, 6) is 0.598. The van der Waals surface area contributed by atoms with Crippen LogP contribution in [-0.4, -0.2) is 9.55 Å². The fourth-order valence-corrected chi connectivity index (χ4v) is 1.91. The van der Waals surface area contributed by atoms with E-state index >= 15 is 0 Å². The van der Waals surface area contributed by atoms with Crippen LogP contribution in [0.25, 0.3) is 0 Å². The van der Waals surface area contributed by atoms with Crippen LogP contribution < -0.4 is 0 Å². The van der Waals surface area contributed by atoms with Crippen LogP contribution in [0.2, 0.25) is 0 Å². The third-order valence-corrected chi connectivity index (χ3v) is 3.34. The summed E-state index contributed by atoms with van der Waals surface area (Å²) in [7, 11) is 0. The molecule has 1 heterocycles. The molecule has 2 rings (SSSR count). The van der Waals surface area contributed by atoms with Crippen molar-refractivity contribution < 1.29 is 0 Å². The topological polar surface area (TPSA) is 17.8 Å². The maximum absolute atomic E-state index is 4.32. The molecule has 0 saturated heterocycles. The molecule has 0 unspecified atom stereocenters. The van der Waals surface area contributed by atoms with Crippen LogP contribution in [0.4, 0.5) is 0 Å². The fourth-order valence-electron chi connectivity index (χ4n) is 1.91. The molecule has 0 amide bonds. The fraction of sp³-hybridized carbons (Fsp3) is 0.400. The number of hydrogen-bond acceptors (Lipinski definition) is 1. The summed E-state index contributed by atoms with van der Waals surface area (Å²) in [4.78, 5) is 4.32. The van der Waals surface area contributed by atoms with Crippen LogP contribution in [-0.2, 0) is 6.54 Å². The average Bonchev–Trinajstić information content (AvgIpc) is 2.62. The van der Waals surface area contributed by atoms with Gasteiger partial charge in [-0.3, -0.25) is 0 Å². The Labute approximate surface area is 103 Å². The third kappa shape index (κ3) is 2.57. The van der Waals surface area contributed by atoms with Crippen molar-refractivity contribution >= 4 is 0 Å². The number of rotatable bonds is 3. The van der Waals surface area contributed by atoms with Gasteiger partial charge in [0.15, 0.2) is 0 Å². The molecule has 0 saturated carbocycles. The highest BCUT2D eigenvalue weighted by Gasteiger charge is 2.03. The molecule has 90 valence electrons. The van der Waals surface area contributed by atoms with Gasteiger partial charge in [-0.2, -0.15) is 0 Å². The van der Waals surface area contributed by atoms with E-state index in [1.807, 2.05) is 13.3 Å². The van der Waals surface area contributed by atoms with E-state index in [0.29, 0.717) is 5.92 Å². The summed E-state index contributed by atoms with van der Waals surface area (Å²) in [5.41, 5.74) is 5.09. The van der Waals surface area contributed by atoms with Crippen molar-refractivity contribution in [1.29, 1.82) is 0 Å². The van der Waals surface area contributed by atoms with Crippen LogP contribution >= 0.6 is 0 Å². The third-order valence-electron chi connectivity index (χ3n) is 3.34. The molecule has 0 spiro atoms. The first-order valence-electron chi connectivity index (χ1n) is 6.15. The number of aryl methyl sites for hydroxylation is 1. The van der Waals surface area contributed by atoms with Crippen molar-refractivity contribution in [2.75, 3.05) is 0 Å². The van der Waals surface area contributed by atoms with E-state index in [1.165, 1.54) is 16.8 Å². The van der Waals surface area contributed by atoms with Gasteiger partial charge in [-0.15, -0.1) is 0 Å². The maximum Gasteiger partial charge on any atom is 0.0954 e. The number of hydrogen-bond donors (Lipinski definition) is 0. The van der Waals surface area contributed by atoms with Crippen molar-refractivity contribution in [2.45, 2.75) is 40.2 Å². The predicted octanol–water partition coefficient (Wildman–Crippen LogP) is 3.67. The van der Waals surface area contributed by atoms with Gasteiger partial charge in [0.05, 0.1) is 12.0 Å². The molecule has 0 bridgehead atoms.